The highest BCUT2D eigenvalue weighted by molar-refractivity contribution is 6.10. The van der Waals surface area contributed by atoms with Crippen molar-refractivity contribution in [3.8, 4) is 5.75 Å². The fourth-order valence-corrected chi connectivity index (χ4v) is 3.45. The van der Waals surface area contributed by atoms with Crippen molar-refractivity contribution in [2.45, 2.75) is 19.4 Å². The molecule has 1 saturated heterocycles. The molecule has 2 aromatic carbocycles. The monoisotopic (exact) mass is 408 g/mol. The van der Waals surface area contributed by atoms with Gasteiger partial charge in [0.1, 0.15) is 23.6 Å². The van der Waals surface area contributed by atoms with Gasteiger partial charge in [-0.3, -0.25) is 14.5 Å². The first-order valence-corrected chi connectivity index (χ1v) is 9.26. The zero-order chi connectivity index (χ0) is 21.5. The average molecular weight is 408 g/mol. The third-order valence-electron chi connectivity index (χ3n) is 5.10. The summed E-state index contributed by atoms with van der Waals surface area (Å²) < 4.78 is 10.1. The van der Waals surface area contributed by atoms with Crippen molar-refractivity contribution in [3.63, 3.8) is 0 Å². The van der Waals surface area contributed by atoms with Gasteiger partial charge in [0.15, 0.2) is 5.82 Å². The van der Waals surface area contributed by atoms with Gasteiger partial charge in [0.2, 0.25) is 5.91 Å². The number of benzene rings is 2. The lowest BCUT2D eigenvalue weighted by molar-refractivity contribution is -0.133. The van der Waals surface area contributed by atoms with Gasteiger partial charge in [-0.1, -0.05) is 23.4 Å². The van der Waals surface area contributed by atoms with E-state index >= 15 is 0 Å². The highest BCUT2D eigenvalue weighted by Crippen LogP contribution is 2.32. The fraction of sp³-hybridized carbons (Fsp3) is 0.238. The Hall–Kier alpha value is -3.88. The Kier molecular flexibility index (Phi) is 4.65. The normalized spacial score (nSPS) is 18.6. The van der Waals surface area contributed by atoms with Crippen LogP contribution in [0.1, 0.15) is 18.2 Å². The number of nitrogens with one attached hydrogen (secondary N) is 2. The summed E-state index contributed by atoms with van der Waals surface area (Å²) in [4.78, 5) is 38.7. The van der Waals surface area contributed by atoms with Gasteiger partial charge >= 0.3 is 6.03 Å². The van der Waals surface area contributed by atoms with E-state index in [-0.39, 0.29) is 5.82 Å². The van der Waals surface area contributed by atoms with E-state index in [0.717, 1.165) is 21.4 Å². The van der Waals surface area contributed by atoms with Gasteiger partial charge < -0.3 is 19.9 Å². The Morgan fingerprint density at radius 3 is 2.63 bits per heavy atom. The van der Waals surface area contributed by atoms with Crippen molar-refractivity contribution in [1.29, 1.82) is 0 Å². The predicted molar refractivity (Wildman–Crippen MR) is 108 cm³/mol. The summed E-state index contributed by atoms with van der Waals surface area (Å²) in [5.74, 6) is 0.416. The van der Waals surface area contributed by atoms with Crippen LogP contribution in [0.2, 0.25) is 0 Å². The number of methoxy groups -OCH3 is 1. The van der Waals surface area contributed by atoms with Crippen LogP contribution in [0, 0.1) is 6.92 Å². The first-order chi connectivity index (χ1) is 14.3. The number of fused-ring (bicyclic) bond motifs is 1. The lowest BCUT2D eigenvalue weighted by Gasteiger charge is -2.22. The van der Waals surface area contributed by atoms with Crippen LogP contribution < -0.4 is 15.4 Å². The average Bonchev–Trinajstić information content (AvgIpc) is 3.23. The Balaban J connectivity index is 1.56. The van der Waals surface area contributed by atoms with E-state index in [1.54, 1.807) is 27.0 Å². The second kappa shape index (κ2) is 7.18. The van der Waals surface area contributed by atoms with E-state index < -0.39 is 29.9 Å². The van der Waals surface area contributed by atoms with Crippen LogP contribution in [-0.2, 0) is 15.1 Å². The number of nitrogens with zero attached hydrogens (tertiary/aromatic N) is 2. The van der Waals surface area contributed by atoms with Crippen LogP contribution >= 0.6 is 0 Å². The minimum Gasteiger partial charge on any atom is -0.497 e. The summed E-state index contributed by atoms with van der Waals surface area (Å²) >= 11 is 0. The molecule has 9 nitrogen and oxygen atoms in total. The van der Waals surface area contributed by atoms with Crippen molar-refractivity contribution >= 4 is 34.4 Å². The molecular formula is C21H20N4O5. The molecule has 1 atom stereocenters. The van der Waals surface area contributed by atoms with Crippen LogP contribution in [0.15, 0.2) is 47.0 Å². The molecule has 1 aliphatic heterocycles. The van der Waals surface area contributed by atoms with E-state index in [1.165, 1.54) is 6.07 Å². The molecule has 1 aliphatic rings. The molecule has 0 saturated carbocycles. The summed E-state index contributed by atoms with van der Waals surface area (Å²) in [7, 11) is 1.60. The summed E-state index contributed by atoms with van der Waals surface area (Å²) in [6.45, 7) is 2.87. The minimum absolute atomic E-state index is 0.220. The lowest BCUT2D eigenvalue weighted by atomic mass is 9.90. The number of aromatic nitrogens is 1. The number of ether oxygens (including phenoxy) is 1. The molecule has 2 N–H and O–H groups in total. The standard InChI is InChI=1S/C21H20N4O5/c1-12-8-17(24-30-12)22-18(26)11-25-19(27)21(2,23-20(25)28)15-6-4-14-10-16(29-3)7-5-13(14)9-15/h4-10H,11H2,1-3H3,(H,23,28)(H,22,24,26). The van der Waals surface area contributed by atoms with Gasteiger partial charge in [-0.05, 0) is 48.4 Å². The molecule has 3 aromatic rings. The van der Waals surface area contributed by atoms with E-state index in [2.05, 4.69) is 15.8 Å². The Morgan fingerprint density at radius 2 is 1.93 bits per heavy atom. The van der Waals surface area contributed by atoms with Crippen molar-refractivity contribution < 1.29 is 23.6 Å². The summed E-state index contributed by atoms with van der Waals surface area (Å²) in [6.07, 6.45) is 0. The quantitative estimate of drug-likeness (QED) is 0.627. The van der Waals surface area contributed by atoms with Crippen LogP contribution in [0.25, 0.3) is 10.8 Å². The van der Waals surface area contributed by atoms with Gasteiger partial charge in [0, 0.05) is 6.07 Å². The summed E-state index contributed by atoms with van der Waals surface area (Å²) in [6, 6.07) is 12.0. The SMILES string of the molecule is COc1ccc2cc(C3(C)NC(=O)N(CC(=O)Nc4cc(C)on4)C3=O)ccc2c1. The lowest BCUT2D eigenvalue weighted by Crippen LogP contribution is -2.42. The molecule has 0 aliphatic carbocycles. The van der Waals surface area contributed by atoms with E-state index in [0.29, 0.717) is 11.3 Å². The van der Waals surface area contributed by atoms with Crippen LogP contribution in [-0.4, -0.2) is 41.6 Å². The second-order valence-electron chi connectivity index (χ2n) is 7.25. The van der Waals surface area contributed by atoms with Crippen molar-refractivity contribution in [2.24, 2.45) is 0 Å². The molecule has 1 fully saturated rings. The Labute approximate surface area is 172 Å². The number of hydrogen-bond donors (Lipinski definition) is 2. The Bertz CT molecular complexity index is 1170. The number of rotatable bonds is 5. The molecule has 0 spiro atoms. The van der Waals surface area contributed by atoms with Crippen LogP contribution in [0.5, 0.6) is 5.75 Å². The smallest absolute Gasteiger partial charge is 0.325 e. The fourth-order valence-electron chi connectivity index (χ4n) is 3.45. The second-order valence-corrected chi connectivity index (χ2v) is 7.25. The molecular weight excluding hydrogens is 388 g/mol. The predicted octanol–water partition coefficient (Wildman–Crippen LogP) is 2.55. The maximum absolute atomic E-state index is 13.1. The van der Waals surface area contributed by atoms with Crippen molar-refractivity contribution in [1.82, 2.24) is 15.4 Å². The molecule has 2 heterocycles. The molecule has 4 amide bonds. The summed E-state index contributed by atoms with van der Waals surface area (Å²) in [5, 5.41) is 10.7. The highest BCUT2D eigenvalue weighted by atomic mass is 16.5. The molecule has 1 aromatic heterocycles. The zero-order valence-corrected chi connectivity index (χ0v) is 16.7. The number of anilines is 1. The number of aryl methyl sites for hydroxylation is 1. The third-order valence-corrected chi connectivity index (χ3v) is 5.10. The van der Waals surface area contributed by atoms with Crippen molar-refractivity contribution in [2.75, 3.05) is 19.0 Å². The van der Waals surface area contributed by atoms with Gasteiger partial charge in [-0.25, -0.2) is 4.79 Å². The largest absolute Gasteiger partial charge is 0.497 e. The van der Waals surface area contributed by atoms with Gasteiger partial charge in [0.05, 0.1) is 7.11 Å². The Morgan fingerprint density at radius 1 is 1.20 bits per heavy atom. The van der Waals surface area contributed by atoms with Crippen molar-refractivity contribution in [3.05, 3.63) is 53.8 Å². The van der Waals surface area contributed by atoms with Gasteiger partial charge in [0.25, 0.3) is 5.91 Å². The van der Waals surface area contributed by atoms with E-state index in [9.17, 15) is 14.4 Å². The maximum Gasteiger partial charge on any atom is 0.325 e. The zero-order valence-electron chi connectivity index (χ0n) is 16.7. The van der Waals surface area contributed by atoms with Crippen LogP contribution in [0.3, 0.4) is 0 Å². The molecule has 0 radical (unpaired) electrons. The van der Waals surface area contributed by atoms with Gasteiger partial charge in [-0.15, -0.1) is 0 Å². The first kappa shape index (κ1) is 19.4. The number of hydrogen-bond acceptors (Lipinski definition) is 6. The molecule has 30 heavy (non-hydrogen) atoms. The summed E-state index contributed by atoms with van der Waals surface area (Å²) in [5.41, 5.74) is -0.663. The molecule has 154 valence electrons. The van der Waals surface area contributed by atoms with Gasteiger partial charge in [-0.2, -0.15) is 0 Å². The van der Waals surface area contributed by atoms with Crippen LogP contribution in [0.4, 0.5) is 10.6 Å². The molecule has 4 rings (SSSR count). The highest BCUT2D eigenvalue weighted by Gasteiger charge is 2.49. The number of urea groups is 1. The molecule has 0 bridgehead atoms. The number of amides is 4. The molecule has 9 heteroatoms. The minimum atomic E-state index is -1.28. The first-order valence-electron chi connectivity index (χ1n) is 9.26. The number of carbonyl (C=O) groups excluding carboxylic acids is 3. The topological polar surface area (TPSA) is 114 Å². The van der Waals surface area contributed by atoms with E-state index in [1.807, 2.05) is 30.3 Å². The number of imide groups is 1. The molecule has 1 unspecified atom stereocenters. The maximum atomic E-state index is 13.1. The third kappa shape index (κ3) is 3.34. The van der Waals surface area contributed by atoms with E-state index in [4.69, 9.17) is 9.26 Å². The number of carbonyl (C=O) groups is 3.